The molecule has 0 fully saturated rings. The zero-order valence-corrected chi connectivity index (χ0v) is 38.2. The average molecular weight is 881 g/mol. The van der Waals surface area contributed by atoms with E-state index in [9.17, 15) is 34.4 Å². The molecule has 61 heavy (non-hydrogen) atoms. The first kappa shape index (κ1) is 58.1. The molecule has 0 bridgehead atoms. The normalized spacial score (nSPS) is 15.6. The molecule has 0 aromatic heterocycles. The predicted octanol–water partition coefficient (Wildman–Crippen LogP) is 10.2. The summed E-state index contributed by atoms with van der Waals surface area (Å²) in [7, 11) is -4.67. The van der Waals surface area contributed by atoms with E-state index in [1.165, 1.54) is 57.8 Å². The number of hydrogen-bond acceptors (Lipinski definition) is 11. The van der Waals surface area contributed by atoms with Crippen LogP contribution in [0.4, 0.5) is 0 Å². The van der Waals surface area contributed by atoms with Gasteiger partial charge >= 0.3 is 19.8 Å². The molecular formula is C48H81O12P. The van der Waals surface area contributed by atoms with E-state index >= 15 is 0 Å². The van der Waals surface area contributed by atoms with Crippen molar-refractivity contribution < 1.29 is 58.0 Å². The maximum absolute atomic E-state index is 12.6. The molecule has 0 saturated heterocycles. The molecule has 12 nitrogen and oxygen atoms in total. The lowest BCUT2D eigenvalue weighted by molar-refractivity contribution is -0.161. The van der Waals surface area contributed by atoms with Crippen LogP contribution in [0.25, 0.3) is 0 Å². The van der Waals surface area contributed by atoms with Gasteiger partial charge in [0.15, 0.2) is 6.10 Å². The zero-order chi connectivity index (χ0) is 45.1. The molecule has 0 aromatic carbocycles. The summed E-state index contributed by atoms with van der Waals surface area (Å²) in [5.41, 5.74) is 0. The molecule has 0 spiro atoms. The SMILES string of the molecule is CC/C=C\C[C@@H](O)/C=C/C=C\C=C\[C@@H](O)C/C=C\C/C=C\CCC(=O)OC[C@H](COP(=O)(O)OC[C@@H](O)CO)OC(=O)CCCCCCCCC/C=C\CCCCCCCC. The molecule has 0 heterocycles. The third-order valence-electron chi connectivity index (χ3n) is 9.21. The lowest BCUT2D eigenvalue weighted by Gasteiger charge is -2.20. The molecule has 1 unspecified atom stereocenters. The predicted molar refractivity (Wildman–Crippen MR) is 245 cm³/mol. The van der Waals surface area contributed by atoms with E-state index < -0.39 is 70.6 Å². The van der Waals surface area contributed by atoms with Crippen molar-refractivity contribution in [2.75, 3.05) is 26.4 Å². The smallest absolute Gasteiger partial charge is 0.462 e. The average Bonchev–Trinajstić information content (AvgIpc) is 3.24. The van der Waals surface area contributed by atoms with Crippen LogP contribution < -0.4 is 0 Å². The van der Waals surface area contributed by atoms with Gasteiger partial charge in [-0.3, -0.25) is 18.6 Å². The van der Waals surface area contributed by atoms with Crippen LogP contribution in [-0.2, 0) is 32.7 Å². The lowest BCUT2D eigenvalue weighted by Crippen LogP contribution is -2.29. The van der Waals surface area contributed by atoms with Gasteiger partial charge in [0.1, 0.15) is 12.7 Å². The number of ether oxygens (including phenoxy) is 2. The van der Waals surface area contributed by atoms with Gasteiger partial charge in [-0.15, -0.1) is 0 Å². The standard InChI is InChI=1S/C48H81O12P/c1-3-5-7-8-9-10-11-12-13-14-15-16-17-18-19-24-32-38-48(54)60-46(42-59-61(55,56)58-40-45(52)39-49)41-57-47(53)37-31-23-21-20-22-28-34-44(51)36-30-26-25-29-35-43(50)33-27-6-4-2/h6,12-13,21-23,25-30,35-36,43-46,49-52H,3-5,7-11,14-20,24,31-34,37-42H2,1-2H3,(H,55,56)/b13-12-,23-21-,26-25-,27-6-,28-22-,35-29+,36-30+/t43-,44+,45+,46-/m1/s1. The van der Waals surface area contributed by atoms with Gasteiger partial charge in [0.25, 0.3) is 0 Å². The molecule has 0 aliphatic carbocycles. The first-order valence-electron chi connectivity index (χ1n) is 22.8. The van der Waals surface area contributed by atoms with E-state index in [1.54, 1.807) is 36.5 Å². The fourth-order valence-corrected chi connectivity index (χ4v) is 6.45. The molecular weight excluding hydrogens is 799 g/mol. The number of carbonyl (C=O) groups is 2. The van der Waals surface area contributed by atoms with Crippen LogP contribution in [-0.4, -0.2) is 88.1 Å². The third-order valence-corrected chi connectivity index (χ3v) is 10.2. The minimum absolute atomic E-state index is 0.0550. The largest absolute Gasteiger partial charge is 0.472 e. The lowest BCUT2D eigenvalue weighted by atomic mass is 10.1. The molecule has 350 valence electrons. The van der Waals surface area contributed by atoms with Crippen LogP contribution in [0.2, 0.25) is 0 Å². The van der Waals surface area contributed by atoms with Crippen LogP contribution in [0, 0.1) is 0 Å². The molecule has 0 radical (unpaired) electrons. The molecule has 5 atom stereocenters. The summed E-state index contributed by atoms with van der Waals surface area (Å²) in [4.78, 5) is 35.0. The highest BCUT2D eigenvalue weighted by Crippen LogP contribution is 2.43. The van der Waals surface area contributed by atoms with Gasteiger partial charge in [-0.2, -0.15) is 0 Å². The first-order valence-corrected chi connectivity index (χ1v) is 24.3. The number of aliphatic hydroxyl groups is 4. The fourth-order valence-electron chi connectivity index (χ4n) is 5.66. The van der Waals surface area contributed by atoms with Crippen LogP contribution >= 0.6 is 7.82 Å². The highest BCUT2D eigenvalue weighted by atomic mass is 31.2. The van der Waals surface area contributed by atoms with Crippen LogP contribution in [0.15, 0.2) is 85.1 Å². The highest BCUT2D eigenvalue weighted by Gasteiger charge is 2.27. The van der Waals surface area contributed by atoms with Crippen molar-refractivity contribution in [2.45, 2.75) is 180 Å². The molecule has 0 amide bonds. The number of hydrogen-bond donors (Lipinski definition) is 5. The molecule has 0 aliphatic rings. The Morgan fingerprint density at radius 2 is 1.10 bits per heavy atom. The summed E-state index contributed by atoms with van der Waals surface area (Å²) < 4.78 is 32.6. The Morgan fingerprint density at radius 3 is 1.69 bits per heavy atom. The van der Waals surface area contributed by atoms with Crippen molar-refractivity contribution in [3.05, 3.63) is 85.1 Å². The molecule has 0 saturated carbocycles. The number of phosphoric ester groups is 1. The maximum Gasteiger partial charge on any atom is 0.472 e. The van der Waals surface area contributed by atoms with Gasteiger partial charge in [0.2, 0.25) is 0 Å². The van der Waals surface area contributed by atoms with Gasteiger partial charge < -0.3 is 34.8 Å². The zero-order valence-electron chi connectivity index (χ0n) is 37.3. The number of carbonyl (C=O) groups excluding carboxylic acids is 2. The maximum atomic E-state index is 12.6. The van der Waals surface area contributed by atoms with E-state index in [2.05, 4.69) is 23.6 Å². The second-order valence-corrected chi connectivity index (χ2v) is 16.5. The summed E-state index contributed by atoms with van der Waals surface area (Å²) >= 11 is 0. The topological polar surface area (TPSA) is 189 Å². The van der Waals surface area contributed by atoms with Crippen molar-refractivity contribution in [3.63, 3.8) is 0 Å². The van der Waals surface area contributed by atoms with E-state index in [-0.39, 0.29) is 12.8 Å². The van der Waals surface area contributed by atoms with Gasteiger partial charge in [0, 0.05) is 12.8 Å². The van der Waals surface area contributed by atoms with Crippen molar-refractivity contribution in [1.82, 2.24) is 0 Å². The number of allylic oxidation sites excluding steroid dienone is 10. The third kappa shape index (κ3) is 42.2. The Balaban J connectivity index is 4.51. The number of unbranched alkanes of at least 4 members (excludes halogenated alkanes) is 13. The monoisotopic (exact) mass is 881 g/mol. The first-order chi connectivity index (χ1) is 29.5. The number of phosphoric acid groups is 1. The van der Waals surface area contributed by atoms with Crippen molar-refractivity contribution in [1.29, 1.82) is 0 Å². The summed E-state index contributed by atoms with van der Waals surface area (Å²) in [6.45, 7) is 1.97. The number of aliphatic hydroxyl groups excluding tert-OH is 4. The van der Waals surface area contributed by atoms with E-state index in [0.717, 1.165) is 38.5 Å². The van der Waals surface area contributed by atoms with E-state index in [0.29, 0.717) is 32.1 Å². The van der Waals surface area contributed by atoms with Gasteiger partial charge in [-0.1, -0.05) is 163 Å². The molecule has 0 aliphatic heterocycles. The van der Waals surface area contributed by atoms with Gasteiger partial charge in [0.05, 0.1) is 32.0 Å². The Hall–Kier alpha value is -2.93. The molecule has 0 aromatic rings. The van der Waals surface area contributed by atoms with E-state index in [1.807, 2.05) is 43.4 Å². The van der Waals surface area contributed by atoms with Gasteiger partial charge in [-0.25, -0.2) is 4.57 Å². The van der Waals surface area contributed by atoms with E-state index in [4.69, 9.17) is 19.1 Å². The Labute approximate surface area is 367 Å². The summed E-state index contributed by atoms with van der Waals surface area (Å²) in [5, 5.41) is 38.3. The van der Waals surface area contributed by atoms with Crippen LogP contribution in [0.3, 0.4) is 0 Å². The summed E-state index contributed by atoms with van der Waals surface area (Å²) in [6.07, 6.45) is 43.3. The molecule has 5 N–H and O–H groups in total. The van der Waals surface area contributed by atoms with Crippen molar-refractivity contribution >= 4 is 19.8 Å². The van der Waals surface area contributed by atoms with Crippen LogP contribution in [0.1, 0.15) is 155 Å². The minimum atomic E-state index is -4.67. The Morgan fingerprint density at radius 1 is 0.574 bits per heavy atom. The molecule has 13 heteroatoms. The number of rotatable bonds is 41. The second kappa shape index (κ2) is 42.4. The molecule has 0 rings (SSSR count). The second-order valence-electron chi connectivity index (χ2n) is 15.1. The minimum Gasteiger partial charge on any atom is -0.462 e. The van der Waals surface area contributed by atoms with Crippen molar-refractivity contribution in [2.24, 2.45) is 0 Å². The highest BCUT2D eigenvalue weighted by molar-refractivity contribution is 7.47. The van der Waals surface area contributed by atoms with Crippen LogP contribution in [0.5, 0.6) is 0 Å². The summed E-state index contributed by atoms with van der Waals surface area (Å²) in [5.74, 6) is -1.10. The fraction of sp³-hybridized carbons (Fsp3) is 0.667. The Kier molecular flexibility index (Phi) is 40.3. The van der Waals surface area contributed by atoms with Gasteiger partial charge in [-0.05, 0) is 64.2 Å². The number of esters is 2. The van der Waals surface area contributed by atoms with Crippen molar-refractivity contribution in [3.8, 4) is 0 Å². The Bertz CT molecular complexity index is 1320. The summed E-state index contributed by atoms with van der Waals surface area (Å²) in [6, 6.07) is 0. The quantitative estimate of drug-likeness (QED) is 0.0129.